The number of hydrogen-bond acceptors (Lipinski definition) is 2. The molecule has 0 saturated heterocycles. The van der Waals surface area contributed by atoms with E-state index in [-0.39, 0.29) is 25.7 Å². The van der Waals surface area contributed by atoms with Gasteiger partial charge in [0.15, 0.2) is 0 Å². The summed E-state index contributed by atoms with van der Waals surface area (Å²) in [7, 11) is 0. The van der Waals surface area contributed by atoms with Crippen LogP contribution in [0.3, 0.4) is 0 Å². The fraction of sp³-hybridized carbons (Fsp3) is 0. The zero-order valence-electron chi connectivity index (χ0n) is 17.4. The molecule has 5 heteroatoms. The molecule has 1 radical (unpaired) electrons. The van der Waals surface area contributed by atoms with E-state index in [9.17, 15) is 8.78 Å². The minimum atomic E-state index is -0.591. The van der Waals surface area contributed by atoms with Crippen LogP contribution in [0.1, 0.15) is 0 Å². The minimum Gasteiger partial charge on any atom is -0.305 e. The van der Waals surface area contributed by atoms with Gasteiger partial charge in [-0.1, -0.05) is 60.2 Å². The Morgan fingerprint density at radius 3 is 2.09 bits per heavy atom. The van der Waals surface area contributed by atoms with Gasteiger partial charge in [-0.15, -0.1) is 54.1 Å². The normalized spacial score (nSPS) is 9.88. The van der Waals surface area contributed by atoms with Crippen LogP contribution in [0, 0.1) is 23.8 Å². The molecule has 0 spiro atoms. The summed E-state index contributed by atoms with van der Waals surface area (Å²) in [6.07, 6.45) is 3.43. The van der Waals surface area contributed by atoms with E-state index < -0.39 is 11.6 Å². The second-order valence-corrected chi connectivity index (χ2v) is 6.82. The van der Waals surface area contributed by atoms with E-state index in [1.165, 1.54) is 11.8 Å². The van der Waals surface area contributed by atoms with Gasteiger partial charge in [0.05, 0.1) is 0 Å². The van der Waals surface area contributed by atoms with Gasteiger partial charge in [0.2, 0.25) is 0 Å². The fourth-order valence-corrected chi connectivity index (χ4v) is 3.05. The van der Waals surface area contributed by atoms with Crippen LogP contribution in [0.15, 0.2) is 109 Å². The Hall–Kier alpha value is -3.53. The number of rotatable bonds is 3. The predicted octanol–water partition coefficient (Wildman–Crippen LogP) is 7.04. The fourth-order valence-electron chi connectivity index (χ4n) is 3.05. The molecule has 2 nitrogen and oxygen atoms in total. The van der Waals surface area contributed by atoms with Gasteiger partial charge >= 0.3 is 0 Å². The Bertz CT molecular complexity index is 1210. The van der Waals surface area contributed by atoms with Crippen LogP contribution < -0.4 is 0 Å². The molecule has 0 N–H and O–H groups in total. The maximum absolute atomic E-state index is 13.2. The van der Waals surface area contributed by atoms with Crippen LogP contribution in [0.2, 0.25) is 0 Å². The minimum absolute atomic E-state index is 0. The van der Waals surface area contributed by atoms with Gasteiger partial charge in [-0.2, -0.15) is 0 Å². The van der Waals surface area contributed by atoms with Crippen LogP contribution >= 0.6 is 0 Å². The van der Waals surface area contributed by atoms with E-state index in [1.807, 2.05) is 54.7 Å². The summed E-state index contributed by atoms with van der Waals surface area (Å²) in [5.41, 5.74) is 4.74. The standard InChI is InChI=1S/C17H12N.C11H6F2N.Ir/c1-3-7-14(8-4-1)16-11-12-17(18-13-16)15-9-5-2-6-10-15;12-8-4-5-10(13)9(7-8)11-3-1-2-6-14-11;/h1-9,11-13H;1-6H;/q2*-1;. The van der Waals surface area contributed by atoms with Crippen molar-refractivity contribution in [3.63, 3.8) is 0 Å². The third kappa shape index (κ3) is 6.48. The molecule has 33 heavy (non-hydrogen) atoms. The van der Waals surface area contributed by atoms with Crippen LogP contribution in [-0.4, -0.2) is 9.97 Å². The monoisotopic (exact) mass is 613 g/mol. The molecular formula is C28H18F2IrN2-2. The zero-order chi connectivity index (χ0) is 22.2. The van der Waals surface area contributed by atoms with Gasteiger partial charge in [-0.3, -0.25) is 4.39 Å². The smallest absolute Gasteiger partial charge is 0.0407 e. The molecule has 3 aromatic carbocycles. The maximum Gasteiger partial charge on any atom is 0.0407 e. The third-order valence-electron chi connectivity index (χ3n) is 4.64. The zero-order valence-corrected chi connectivity index (χ0v) is 19.8. The molecular weight excluding hydrogens is 595 g/mol. The number of pyridine rings is 2. The number of nitrogens with zero attached hydrogens (tertiary/aromatic N) is 2. The largest absolute Gasteiger partial charge is 0.305 e. The SMILES string of the molecule is Fc1[c-]c(-c2ccccn2)c(F)cc1.[Ir].[c-]1ccccc1-c1ccc(-c2ccccc2)cn1. The summed E-state index contributed by atoms with van der Waals surface area (Å²) in [4.78, 5) is 8.41. The predicted molar refractivity (Wildman–Crippen MR) is 122 cm³/mol. The van der Waals surface area contributed by atoms with Crippen molar-refractivity contribution in [2.45, 2.75) is 0 Å². The molecule has 5 rings (SSSR count). The molecule has 0 amide bonds. The van der Waals surface area contributed by atoms with E-state index in [0.29, 0.717) is 5.69 Å². The van der Waals surface area contributed by atoms with E-state index >= 15 is 0 Å². The van der Waals surface area contributed by atoms with E-state index in [1.54, 1.807) is 18.2 Å². The Balaban J connectivity index is 0.000000186. The molecule has 0 atom stereocenters. The molecule has 0 bridgehead atoms. The number of hydrogen-bond donors (Lipinski definition) is 0. The first-order valence-electron chi connectivity index (χ1n) is 9.98. The topological polar surface area (TPSA) is 25.8 Å². The summed E-state index contributed by atoms with van der Waals surface area (Å²) in [5, 5.41) is 0. The van der Waals surface area contributed by atoms with Crippen molar-refractivity contribution in [3.8, 4) is 33.6 Å². The summed E-state index contributed by atoms with van der Waals surface area (Å²) in [5.74, 6) is -1.11. The average Bonchev–Trinajstić information content (AvgIpc) is 2.88. The van der Waals surface area contributed by atoms with Crippen LogP contribution in [0.25, 0.3) is 33.6 Å². The number of aromatic nitrogens is 2. The van der Waals surface area contributed by atoms with Crippen molar-refractivity contribution in [2.75, 3.05) is 0 Å². The van der Waals surface area contributed by atoms with Crippen molar-refractivity contribution in [1.82, 2.24) is 9.97 Å². The van der Waals surface area contributed by atoms with Crippen LogP contribution in [-0.2, 0) is 20.1 Å². The quantitative estimate of drug-likeness (QED) is 0.204. The van der Waals surface area contributed by atoms with Gasteiger partial charge < -0.3 is 9.97 Å². The summed E-state index contributed by atoms with van der Waals surface area (Å²) < 4.78 is 26.0. The first-order chi connectivity index (χ1) is 15.7. The molecule has 165 valence electrons. The molecule has 2 aromatic heterocycles. The van der Waals surface area contributed by atoms with E-state index in [4.69, 9.17) is 0 Å². The first-order valence-corrected chi connectivity index (χ1v) is 9.98. The second kappa shape index (κ2) is 11.9. The Kier molecular flexibility index (Phi) is 8.70. The number of halogens is 2. The molecule has 0 aliphatic rings. The Labute approximate surface area is 205 Å². The molecule has 0 unspecified atom stereocenters. The maximum atomic E-state index is 13.2. The molecule has 0 aliphatic carbocycles. The summed E-state index contributed by atoms with van der Waals surface area (Å²) >= 11 is 0. The third-order valence-corrected chi connectivity index (χ3v) is 4.64. The van der Waals surface area contributed by atoms with Gasteiger partial charge in [0.1, 0.15) is 0 Å². The molecule has 5 aromatic rings. The van der Waals surface area contributed by atoms with Gasteiger partial charge in [0, 0.05) is 44.1 Å². The van der Waals surface area contributed by atoms with Crippen molar-refractivity contribution in [1.29, 1.82) is 0 Å². The van der Waals surface area contributed by atoms with Crippen molar-refractivity contribution < 1.29 is 28.9 Å². The van der Waals surface area contributed by atoms with Crippen molar-refractivity contribution >= 4 is 0 Å². The average molecular weight is 613 g/mol. The molecule has 0 saturated carbocycles. The van der Waals surface area contributed by atoms with Gasteiger partial charge in [0.25, 0.3) is 0 Å². The Morgan fingerprint density at radius 1 is 0.636 bits per heavy atom. The van der Waals surface area contributed by atoms with E-state index in [0.717, 1.165) is 29.0 Å². The summed E-state index contributed by atoms with van der Waals surface area (Å²) in [6, 6.07) is 34.9. The second-order valence-electron chi connectivity index (χ2n) is 6.82. The van der Waals surface area contributed by atoms with Crippen LogP contribution in [0.4, 0.5) is 8.78 Å². The van der Waals surface area contributed by atoms with Crippen molar-refractivity contribution in [3.05, 3.63) is 133 Å². The summed E-state index contributed by atoms with van der Waals surface area (Å²) in [6.45, 7) is 0. The van der Waals surface area contributed by atoms with E-state index in [2.05, 4.69) is 40.3 Å². The first kappa shape index (κ1) is 24.1. The molecule has 2 heterocycles. The van der Waals surface area contributed by atoms with Crippen LogP contribution in [0.5, 0.6) is 0 Å². The molecule has 0 aliphatic heterocycles. The van der Waals surface area contributed by atoms with Crippen molar-refractivity contribution in [2.24, 2.45) is 0 Å². The molecule has 0 fully saturated rings. The Morgan fingerprint density at radius 2 is 1.42 bits per heavy atom. The van der Waals surface area contributed by atoms with Gasteiger partial charge in [-0.25, -0.2) is 4.39 Å². The van der Waals surface area contributed by atoms with Gasteiger partial charge in [-0.05, 0) is 28.6 Å². The number of benzene rings is 3.